The molecule has 3 heterocycles. The summed E-state index contributed by atoms with van der Waals surface area (Å²) >= 11 is 0. The van der Waals surface area contributed by atoms with Gasteiger partial charge in [0.25, 0.3) is 5.91 Å². The zero-order chi connectivity index (χ0) is 26.3. The van der Waals surface area contributed by atoms with Crippen LogP contribution < -0.4 is 5.32 Å². The highest BCUT2D eigenvalue weighted by molar-refractivity contribution is 6.00. The molecule has 3 aromatic rings. The number of Topliss-reactive ketones (excluding diaryl/α,β-unsaturated/α-hetero) is 1. The van der Waals surface area contributed by atoms with E-state index in [9.17, 15) is 19.5 Å². The fourth-order valence-electron chi connectivity index (χ4n) is 5.69. The number of hydrogen-bond acceptors (Lipinski definition) is 6. The van der Waals surface area contributed by atoms with Crippen LogP contribution in [-0.4, -0.2) is 62.6 Å². The Morgan fingerprint density at radius 1 is 1.05 bits per heavy atom. The Kier molecular flexibility index (Phi) is 6.31. The molecule has 9 heteroatoms. The monoisotopic (exact) mass is 501 g/mol. The lowest BCUT2D eigenvalue weighted by Gasteiger charge is -2.43. The minimum absolute atomic E-state index is 0.125. The third-order valence-electron chi connectivity index (χ3n) is 7.63. The first-order valence-corrected chi connectivity index (χ1v) is 12.6. The molecule has 0 saturated carbocycles. The largest absolute Gasteiger partial charge is 0.478 e. The lowest BCUT2D eigenvalue weighted by molar-refractivity contribution is 0.0517. The summed E-state index contributed by atoms with van der Waals surface area (Å²) < 4.78 is 1.83. The number of anilines is 1. The Balaban J connectivity index is 1.33. The van der Waals surface area contributed by atoms with Gasteiger partial charge in [0.2, 0.25) is 0 Å². The molecule has 0 radical (unpaired) electrons. The Morgan fingerprint density at radius 3 is 2.46 bits per heavy atom. The van der Waals surface area contributed by atoms with Crippen molar-refractivity contribution in [2.24, 2.45) is 5.41 Å². The number of rotatable bonds is 5. The van der Waals surface area contributed by atoms with E-state index in [4.69, 9.17) is 0 Å². The molecule has 2 aliphatic rings. The Morgan fingerprint density at radius 2 is 1.78 bits per heavy atom. The number of carboxylic acid groups (broad SMARTS) is 1. The average molecular weight is 502 g/mol. The number of ketones is 1. The molecular weight excluding hydrogens is 470 g/mol. The molecule has 0 atom stereocenters. The number of nitrogens with zero attached hydrogens (tertiary/aromatic N) is 4. The number of benzene rings is 1. The summed E-state index contributed by atoms with van der Waals surface area (Å²) in [5, 5.41) is 17.0. The highest BCUT2D eigenvalue weighted by atomic mass is 16.4. The van der Waals surface area contributed by atoms with Gasteiger partial charge in [0.1, 0.15) is 11.5 Å². The van der Waals surface area contributed by atoms with Crippen molar-refractivity contribution in [3.63, 3.8) is 0 Å². The molecule has 1 amide bonds. The van der Waals surface area contributed by atoms with E-state index < -0.39 is 5.97 Å². The Labute approximate surface area is 215 Å². The maximum atomic E-state index is 13.5. The van der Waals surface area contributed by atoms with Gasteiger partial charge >= 0.3 is 5.97 Å². The van der Waals surface area contributed by atoms with Crippen LogP contribution in [0.3, 0.4) is 0 Å². The number of amides is 1. The fourth-order valence-corrected chi connectivity index (χ4v) is 5.69. The molecule has 9 nitrogen and oxygen atoms in total. The smallest absolute Gasteiger partial charge is 0.336 e. The zero-order valence-corrected chi connectivity index (χ0v) is 21.3. The second-order valence-electron chi connectivity index (χ2n) is 10.3. The summed E-state index contributed by atoms with van der Waals surface area (Å²) in [6.07, 6.45) is 4.64. The maximum absolute atomic E-state index is 13.5. The predicted molar refractivity (Wildman–Crippen MR) is 139 cm³/mol. The van der Waals surface area contributed by atoms with Crippen molar-refractivity contribution in [3.05, 3.63) is 65.0 Å². The molecule has 2 aromatic heterocycles. The van der Waals surface area contributed by atoms with Crippen molar-refractivity contribution in [3.8, 4) is 11.3 Å². The minimum Gasteiger partial charge on any atom is -0.478 e. The number of pyridine rings is 1. The number of carbonyl (C=O) groups is 3. The minimum atomic E-state index is -1.03. The van der Waals surface area contributed by atoms with Crippen LogP contribution in [0.2, 0.25) is 0 Å². The summed E-state index contributed by atoms with van der Waals surface area (Å²) in [6.45, 7) is 5.18. The number of aromatic nitrogens is 3. The summed E-state index contributed by atoms with van der Waals surface area (Å²) in [6, 6.07) is 10.2. The van der Waals surface area contributed by atoms with Crippen LogP contribution in [0.1, 0.15) is 75.9 Å². The number of hydrogen-bond donors (Lipinski definition) is 2. The fraction of sp³-hybridized carbons (Fsp3) is 0.393. The van der Waals surface area contributed by atoms with Gasteiger partial charge in [-0.05, 0) is 56.7 Å². The maximum Gasteiger partial charge on any atom is 0.336 e. The molecule has 1 aromatic carbocycles. The second-order valence-corrected chi connectivity index (χ2v) is 10.3. The molecule has 1 fully saturated rings. The quantitative estimate of drug-likeness (QED) is 0.535. The van der Waals surface area contributed by atoms with E-state index in [1.807, 2.05) is 29.6 Å². The van der Waals surface area contributed by atoms with E-state index in [0.717, 1.165) is 30.5 Å². The van der Waals surface area contributed by atoms with Crippen LogP contribution in [0.25, 0.3) is 11.3 Å². The number of nitrogens with one attached hydrogen (secondary N) is 1. The molecule has 1 aliphatic heterocycles. The van der Waals surface area contributed by atoms with Gasteiger partial charge in [0.15, 0.2) is 5.78 Å². The molecule has 1 spiro atoms. The van der Waals surface area contributed by atoms with Crippen molar-refractivity contribution >= 4 is 23.5 Å². The Hall–Kier alpha value is -4.01. The first-order chi connectivity index (χ1) is 17.7. The number of fused-ring (bicyclic) bond motifs is 1. The van der Waals surface area contributed by atoms with Crippen LogP contribution in [0.5, 0.6) is 0 Å². The number of piperidine rings is 1. The van der Waals surface area contributed by atoms with Crippen molar-refractivity contribution < 1.29 is 19.5 Å². The molecule has 1 aliphatic carbocycles. The van der Waals surface area contributed by atoms with Gasteiger partial charge in [-0.3, -0.25) is 14.3 Å². The van der Waals surface area contributed by atoms with Crippen LogP contribution in [0.15, 0.2) is 42.6 Å². The van der Waals surface area contributed by atoms with E-state index in [2.05, 4.69) is 15.4 Å². The first-order valence-electron chi connectivity index (χ1n) is 12.6. The van der Waals surface area contributed by atoms with Crippen LogP contribution in [0.4, 0.5) is 5.82 Å². The van der Waals surface area contributed by atoms with Crippen LogP contribution in [-0.2, 0) is 6.42 Å². The SMILES string of the molecule is CNc1nc(-c2ccccc2C(=O)O)ccc1C(=O)N1CCC2(CC1)CC(=O)c1c(cnn1C(C)C)C2. The Bertz CT molecular complexity index is 1380. The topological polar surface area (TPSA) is 117 Å². The van der Waals surface area contributed by atoms with Gasteiger partial charge < -0.3 is 15.3 Å². The lowest BCUT2D eigenvalue weighted by Crippen LogP contribution is -2.46. The van der Waals surface area contributed by atoms with E-state index in [-0.39, 0.29) is 28.7 Å². The van der Waals surface area contributed by atoms with Crippen molar-refractivity contribution in [2.75, 3.05) is 25.5 Å². The zero-order valence-electron chi connectivity index (χ0n) is 21.3. The van der Waals surface area contributed by atoms with Crippen molar-refractivity contribution in [1.82, 2.24) is 19.7 Å². The van der Waals surface area contributed by atoms with Crippen molar-refractivity contribution in [1.29, 1.82) is 0 Å². The molecule has 192 valence electrons. The van der Waals surface area contributed by atoms with E-state index >= 15 is 0 Å². The van der Waals surface area contributed by atoms with Gasteiger partial charge in [-0.1, -0.05) is 18.2 Å². The number of aromatic carboxylic acids is 1. The van der Waals surface area contributed by atoms with Gasteiger partial charge in [-0.2, -0.15) is 5.10 Å². The second kappa shape index (κ2) is 9.46. The third-order valence-corrected chi connectivity index (χ3v) is 7.63. The summed E-state index contributed by atoms with van der Waals surface area (Å²) in [7, 11) is 1.69. The molecular formula is C28H31N5O4. The lowest BCUT2D eigenvalue weighted by atomic mass is 9.67. The average Bonchev–Trinajstić information content (AvgIpc) is 3.33. The molecule has 1 saturated heterocycles. The van der Waals surface area contributed by atoms with Crippen LogP contribution in [0, 0.1) is 5.41 Å². The highest BCUT2D eigenvalue weighted by Crippen LogP contribution is 2.44. The number of likely N-dealkylation sites (tertiary alicyclic amines) is 1. The number of carboxylic acids is 1. The molecule has 5 rings (SSSR count). The summed E-state index contributed by atoms with van der Waals surface area (Å²) in [5.74, 6) is -0.608. The van der Waals surface area contributed by atoms with E-state index in [1.165, 1.54) is 6.07 Å². The van der Waals surface area contributed by atoms with E-state index in [0.29, 0.717) is 42.1 Å². The first kappa shape index (κ1) is 24.7. The summed E-state index contributed by atoms with van der Waals surface area (Å²) in [4.78, 5) is 44.6. The predicted octanol–water partition coefficient (Wildman–Crippen LogP) is 4.32. The van der Waals surface area contributed by atoms with Gasteiger partial charge in [0, 0.05) is 43.7 Å². The van der Waals surface area contributed by atoms with Gasteiger partial charge in [-0.15, -0.1) is 0 Å². The van der Waals surface area contributed by atoms with Gasteiger partial charge in [-0.25, -0.2) is 9.78 Å². The highest BCUT2D eigenvalue weighted by Gasteiger charge is 2.43. The van der Waals surface area contributed by atoms with Crippen molar-refractivity contribution in [2.45, 2.75) is 45.6 Å². The standard InChI is InChI=1S/C28H31N5O4/c1-17(2)33-24-18(16-30-33)14-28(15-23(24)34)10-12-32(13-11-28)26(35)21-8-9-22(31-25(21)29-3)19-6-4-5-7-20(19)27(36)37/h4-9,16-17H,10-15H2,1-3H3,(H,29,31)(H,36,37). The molecule has 0 bridgehead atoms. The molecule has 0 unspecified atom stereocenters. The molecule has 37 heavy (non-hydrogen) atoms. The molecule has 2 N–H and O–H groups in total. The third kappa shape index (κ3) is 4.39. The van der Waals surface area contributed by atoms with Crippen LogP contribution >= 0.6 is 0 Å². The number of carbonyl (C=O) groups excluding carboxylic acids is 2. The van der Waals surface area contributed by atoms with E-state index in [1.54, 1.807) is 37.4 Å². The van der Waals surface area contributed by atoms with Gasteiger partial charge in [0.05, 0.1) is 23.0 Å². The normalized spacial score (nSPS) is 16.6. The summed E-state index contributed by atoms with van der Waals surface area (Å²) in [5.41, 5.74) is 3.19.